The van der Waals surface area contributed by atoms with Crippen molar-refractivity contribution in [1.82, 2.24) is 10.3 Å². The van der Waals surface area contributed by atoms with Crippen molar-refractivity contribution in [2.24, 2.45) is 11.7 Å². The molecule has 0 radical (unpaired) electrons. The first kappa shape index (κ1) is 26.5. The molecule has 8 nitrogen and oxygen atoms in total. The van der Waals surface area contributed by atoms with Crippen LogP contribution in [-0.4, -0.2) is 44.8 Å². The van der Waals surface area contributed by atoms with Gasteiger partial charge in [-0.3, -0.25) is 9.78 Å². The number of benzene rings is 2. The van der Waals surface area contributed by atoms with Crippen LogP contribution < -0.4 is 25.3 Å². The number of methoxy groups -OCH3 is 3. The number of nitrogens with one attached hydrogen (secondary N) is 1. The molecule has 2 aromatic carbocycles. The number of nitrogens with two attached hydrogens (primary N) is 1. The number of aromatic nitrogens is 1. The first-order valence-corrected chi connectivity index (χ1v) is 13.0. The zero-order valence-electron chi connectivity index (χ0n) is 22.3. The highest BCUT2D eigenvalue weighted by Crippen LogP contribution is 2.43. The lowest BCUT2D eigenvalue weighted by Gasteiger charge is -2.28. The maximum absolute atomic E-state index is 14.8. The average Bonchev–Trinajstić information content (AvgIpc) is 3.40. The van der Waals surface area contributed by atoms with E-state index >= 15 is 0 Å². The van der Waals surface area contributed by atoms with Crippen molar-refractivity contribution < 1.29 is 27.8 Å². The van der Waals surface area contributed by atoms with E-state index in [0.717, 1.165) is 25.7 Å². The number of nitrogens with zero attached hydrogens (tertiary/aromatic N) is 1. The van der Waals surface area contributed by atoms with E-state index < -0.39 is 5.82 Å². The summed E-state index contributed by atoms with van der Waals surface area (Å²) in [7, 11) is 4.62. The van der Waals surface area contributed by atoms with E-state index in [4.69, 9.17) is 24.4 Å². The summed E-state index contributed by atoms with van der Waals surface area (Å²) < 4.78 is 37.4. The number of furan rings is 1. The summed E-state index contributed by atoms with van der Waals surface area (Å²) in [6.07, 6.45) is 5.80. The molecule has 4 aromatic rings. The maximum atomic E-state index is 14.8. The van der Waals surface area contributed by atoms with Crippen molar-refractivity contribution in [3.63, 3.8) is 0 Å². The SMILES string of the molecule is COc1cc(-c2cc3nccc(-c4cc(F)cc(C(=O)NCC5CCCC[C@@H]5N)c4)c3o2)cc(OC)c1OC. The van der Waals surface area contributed by atoms with Crippen LogP contribution in [0.15, 0.2) is 53.1 Å². The third kappa shape index (κ3) is 5.40. The highest BCUT2D eigenvalue weighted by Gasteiger charge is 2.23. The van der Waals surface area contributed by atoms with Gasteiger partial charge in [0.2, 0.25) is 5.75 Å². The van der Waals surface area contributed by atoms with Crippen LogP contribution in [0.25, 0.3) is 33.6 Å². The minimum atomic E-state index is -0.520. The first-order valence-electron chi connectivity index (χ1n) is 13.0. The van der Waals surface area contributed by atoms with Crippen LogP contribution in [0.5, 0.6) is 17.2 Å². The van der Waals surface area contributed by atoms with Crippen LogP contribution in [0.3, 0.4) is 0 Å². The van der Waals surface area contributed by atoms with Crippen molar-refractivity contribution in [2.45, 2.75) is 31.7 Å². The molecule has 1 saturated carbocycles. The molecule has 1 amide bonds. The predicted octanol–water partition coefficient (Wildman–Crippen LogP) is 5.57. The van der Waals surface area contributed by atoms with Crippen molar-refractivity contribution in [3.8, 4) is 39.7 Å². The molecule has 1 aliphatic carbocycles. The topological polar surface area (TPSA) is 109 Å². The normalized spacial score (nSPS) is 17.2. The Morgan fingerprint density at radius 3 is 2.46 bits per heavy atom. The highest BCUT2D eigenvalue weighted by molar-refractivity contribution is 5.98. The van der Waals surface area contributed by atoms with E-state index in [2.05, 4.69) is 10.3 Å². The summed E-state index contributed by atoms with van der Waals surface area (Å²) in [5, 5.41) is 2.94. The number of rotatable bonds is 8. The molecule has 0 saturated heterocycles. The summed E-state index contributed by atoms with van der Waals surface area (Å²) in [4.78, 5) is 17.4. The highest BCUT2D eigenvalue weighted by atomic mass is 19.1. The number of hydrogen-bond donors (Lipinski definition) is 2. The second-order valence-electron chi connectivity index (χ2n) is 9.74. The Morgan fingerprint density at radius 1 is 1.03 bits per heavy atom. The zero-order valence-corrected chi connectivity index (χ0v) is 22.3. The molecule has 204 valence electrons. The van der Waals surface area contributed by atoms with Gasteiger partial charge in [0, 0.05) is 41.5 Å². The molecule has 2 heterocycles. The van der Waals surface area contributed by atoms with Gasteiger partial charge in [0.1, 0.15) is 17.1 Å². The number of hydrogen-bond acceptors (Lipinski definition) is 7. The summed E-state index contributed by atoms with van der Waals surface area (Å²) in [6, 6.07) is 11.4. The molecule has 2 atom stereocenters. The molecule has 2 aromatic heterocycles. The molecule has 39 heavy (non-hydrogen) atoms. The van der Waals surface area contributed by atoms with E-state index in [-0.39, 0.29) is 23.4 Å². The molecule has 9 heteroatoms. The van der Waals surface area contributed by atoms with Gasteiger partial charge in [-0.1, -0.05) is 12.8 Å². The average molecular weight is 534 g/mol. The van der Waals surface area contributed by atoms with Crippen LogP contribution in [0.1, 0.15) is 36.0 Å². The van der Waals surface area contributed by atoms with Gasteiger partial charge >= 0.3 is 0 Å². The first-order chi connectivity index (χ1) is 18.9. The minimum absolute atomic E-state index is 0.0750. The van der Waals surface area contributed by atoms with Crippen molar-refractivity contribution in [2.75, 3.05) is 27.9 Å². The Hall–Kier alpha value is -4.11. The standard InChI is InChI=1S/C30H32FN3O5/c1-36-26-13-19(14-27(37-2)29(26)38-3)25-15-24-28(39-25)22(8-9-33-24)18-10-20(12-21(31)11-18)30(35)34-16-17-6-4-5-7-23(17)32/h8-15,17,23H,4-7,16,32H2,1-3H3,(H,34,35)/t17?,23-/m0/s1. The second kappa shape index (κ2) is 11.3. The van der Waals surface area contributed by atoms with Gasteiger partial charge < -0.3 is 29.7 Å². The van der Waals surface area contributed by atoms with E-state index in [1.165, 1.54) is 19.2 Å². The number of carbonyl (C=O) groups is 1. The number of amides is 1. The molecule has 0 spiro atoms. The van der Waals surface area contributed by atoms with E-state index in [0.29, 0.717) is 57.3 Å². The third-order valence-corrected chi connectivity index (χ3v) is 7.32. The fourth-order valence-corrected chi connectivity index (χ4v) is 5.22. The number of fused-ring (bicyclic) bond motifs is 1. The van der Waals surface area contributed by atoms with Crippen LogP contribution in [0.4, 0.5) is 4.39 Å². The van der Waals surface area contributed by atoms with Gasteiger partial charge in [0.25, 0.3) is 5.91 Å². The smallest absolute Gasteiger partial charge is 0.251 e. The number of halogens is 1. The van der Waals surface area contributed by atoms with Gasteiger partial charge in [0.05, 0.1) is 21.3 Å². The van der Waals surface area contributed by atoms with Gasteiger partial charge in [-0.25, -0.2) is 4.39 Å². The summed E-state index contributed by atoms with van der Waals surface area (Å²) in [5.41, 5.74) is 9.31. The zero-order chi connectivity index (χ0) is 27.5. The van der Waals surface area contributed by atoms with Crippen molar-refractivity contribution in [1.29, 1.82) is 0 Å². The Kier molecular flexibility index (Phi) is 7.70. The molecular weight excluding hydrogens is 501 g/mol. The summed E-state index contributed by atoms with van der Waals surface area (Å²) in [6.45, 7) is 0.474. The van der Waals surface area contributed by atoms with Crippen LogP contribution in [0.2, 0.25) is 0 Å². The Bertz CT molecular complexity index is 1480. The lowest BCUT2D eigenvalue weighted by atomic mass is 9.85. The maximum Gasteiger partial charge on any atom is 0.251 e. The fraction of sp³-hybridized carbons (Fsp3) is 0.333. The number of carbonyl (C=O) groups excluding carboxylic acids is 1. The largest absolute Gasteiger partial charge is 0.493 e. The van der Waals surface area contributed by atoms with Crippen molar-refractivity contribution in [3.05, 3.63) is 60.0 Å². The van der Waals surface area contributed by atoms with Gasteiger partial charge in [0.15, 0.2) is 17.1 Å². The molecule has 0 aliphatic heterocycles. The fourth-order valence-electron chi connectivity index (χ4n) is 5.22. The molecule has 1 aliphatic rings. The van der Waals surface area contributed by atoms with Crippen molar-refractivity contribution >= 4 is 17.0 Å². The molecule has 3 N–H and O–H groups in total. The van der Waals surface area contributed by atoms with Gasteiger partial charge in [-0.05, 0) is 60.7 Å². The summed E-state index contributed by atoms with van der Waals surface area (Å²) in [5.74, 6) is 1.32. The monoisotopic (exact) mass is 533 g/mol. The number of pyridine rings is 1. The van der Waals surface area contributed by atoms with Crippen LogP contribution in [0, 0.1) is 11.7 Å². The third-order valence-electron chi connectivity index (χ3n) is 7.32. The lowest BCUT2D eigenvalue weighted by Crippen LogP contribution is -2.41. The number of ether oxygens (including phenoxy) is 3. The molecular formula is C30H32FN3O5. The van der Waals surface area contributed by atoms with Gasteiger partial charge in [-0.15, -0.1) is 0 Å². The van der Waals surface area contributed by atoms with E-state index in [9.17, 15) is 9.18 Å². The lowest BCUT2D eigenvalue weighted by molar-refractivity contribution is 0.0941. The predicted molar refractivity (Wildman–Crippen MR) is 147 cm³/mol. The molecule has 0 bridgehead atoms. The second-order valence-corrected chi connectivity index (χ2v) is 9.74. The Morgan fingerprint density at radius 2 is 1.77 bits per heavy atom. The van der Waals surface area contributed by atoms with Crippen LogP contribution >= 0.6 is 0 Å². The summed E-state index contributed by atoms with van der Waals surface area (Å²) >= 11 is 0. The molecule has 1 unspecified atom stereocenters. The van der Waals surface area contributed by atoms with E-state index in [1.807, 2.05) is 0 Å². The van der Waals surface area contributed by atoms with E-state index in [1.54, 1.807) is 50.7 Å². The minimum Gasteiger partial charge on any atom is -0.493 e. The Labute approximate surface area is 226 Å². The quantitative estimate of drug-likeness (QED) is 0.305. The van der Waals surface area contributed by atoms with Gasteiger partial charge in [-0.2, -0.15) is 0 Å². The van der Waals surface area contributed by atoms with Crippen LogP contribution in [-0.2, 0) is 0 Å². The Balaban J connectivity index is 1.48. The molecule has 5 rings (SSSR count). The molecule has 1 fully saturated rings.